The fourth-order valence-corrected chi connectivity index (χ4v) is 3.60. The van der Waals surface area contributed by atoms with E-state index >= 15 is 0 Å². The van der Waals surface area contributed by atoms with Crippen LogP contribution in [0.4, 0.5) is 0 Å². The molecule has 0 aromatic rings. The molecular weight excluding hydrogens is 246 g/mol. The number of piperidine rings is 1. The lowest BCUT2D eigenvalue weighted by Crippen LogP contribution is -2.58. The molecule has 0 bridgehead atoms. The Hall–Kier alpha value is -0.120. The zero-order chi connectivity index (χ0) is 15.2. The van der Waals surface area contributed by atoms with Gasteiger partial charge in [-0.05, 0) is 59.3 Å². The third-order valence-corrected chi connectivity index (χ3v) is 5.35. The summed E-state index contributed by atoms with van der Waals surface area (Å²) in [6.07, 6.45) is 2.76. The molecular formula is C17H37N3. The molecule has 0 aliphatic carbocycles. The van der Waals surface area contributed by atoms with Crippen LogP contribution in [0.2, 0.25) is 0 Å². The maximum absolute atomic E-state index is 2.74. The molecule has 0 aromatic heterocycles. The molecule has 0 saturated carbocycles. The van der Waals surface area contributed by atoms with Gasteiger partial charge in [0.2, 0.25) is 0 Å². The van der Waals surface area contributed by atoms with Crippen LogP contribution in [0.3, 0.4) is 0 Å². The molecule has 0 aromatic carbocycles. The highest BCUT2D eigenvalue weighted by atomic mass is 15.3. The van der Waals surface area contributed by atoms with Crippen molar-refractivity contribution in [1.29, 1.82) is 0 Å². The first-order chi connectivity index (χ1) is 9.54. The summed E-state index contributed by atoms with van der Waals surface area (Å²) in [5.74, 6) is 0.878. The summed E-state index contributed by atoms with van der Waals surface area (Å²) in [4.78, 5) is 7.78. The Bertz CT molecular complexity index is 249. The second kappa shape index (κ2) is 8.35. The van der Waals surface area contributed by atoms with E-state index in [4.69, 9.17) is 0 Å². The Labute approximate surface area is 127 Å². The second-order valence-corrected chi connectivity index (χ2v) is 6.65. The van der Waals surface area contributed by atoms with Gasteiger partial charge in [0.15, 0.2) is 0 Å². The van der Waals surface area contributed by atoms with Crippen molar-refractivity contribution in [3.8, 4) is 0 Å². The third-order valence-electron chi connectivity index (χ3n) is 5.35. The summed E-state index contributed by atoms with van der Waals surface area (Å²) in [5, 5.41) is 0. The van der Waals surface area contributed by atoms with E-state index in [0.717, 1.165) is 5.92 Å². The van der Waals surface area contributed by atoms with Gasteiger partial charge < -0.3 is 9.80 Å². The Kier molecular flexibility index (Phi) is 7.49. The minimum Gasteiger partial charge on any atom is -0.304 e. The van der Waals surface area contributed by atoms with Crippen molar-refractivity contribution in [2.24, 2.45) is 5.92 Å². The fraction of sp³-hybridized carbons (Fsp3) is 1.00. The highest BCUT2D eigenvalue weighted by Crippen LogP contribution is 2.33. The first kappa shape index (κ1) is 17.9. The Morgan fingerprint density at radius 3 is 1.85 bits per heavy atom. The van der Waals surface area contributed by atoms with Crippen LogP contribution in [-0.2, 0) is 0 Å². The number of likely N-dealkylation sites (N-methyl/N-ethyl adjacent to an activating group) is 1. The quantitative estimate of drug-likeness (QED) is 0.788. The third kappa shape index (κ3) is 4.44. The maximum Gasteiger partial charge on any atom is 0.0183 e. The molecule has 0 amide bonds. The van der Waals surface area contributed by atoms with Gasteiger partial charge in [-0.25, -0.2) is 0 Å². The predicted molar refractivity (Wildman–Crippen MR) is 89.3 cm³/mol. The number of hydrogen-bond donors (Lipinski definition) is 0. The number of likely N-dealkylation sites (tertiary alicyclic amines) is 1. The van der Waals surface area contributed by atoms with Crippen molar-refractivity contribution in [2.45, 2.75) is 53.0 Å². The van der Waals surface area contributed by atoms with E-state index < -0.39 is 0 Å². The lowest BCUT2D eigenvalue weighted by molar-refractivity contribution is 0.000117. The molecule has 2 aliphatic rings. The number of rotatable bonds is 3. The molecule has 2 fully saturated rings. The summed E-state index contributed by atoms with van der Waals surface area (Å²) < 4.78 is 0. The maximum atomic E-state index is 2.74. The van der Waals surface area contributed by atoms with Crippen molar-refractivity contribution in [3.63, 3.8) is 0 Å². The van der Waals surface area contributed by atoms with Crippen LogP contribution < -0.4 is 0 Å². The van der Waals surface area contributed by atoms with Gasteiger partial charge in [-0.15, -0.1) is 0 Å². The fourth-order valence-electron chi connectivity index (χ4n) is 3.60. The van der Waals surface area contributed by atoms with E-state index in [0.29, 0.717) is 5.54 Å². The van der Waals surface area contributed by atoms with Gasteiger partial charge in [-0.3, -0.25) is 4.90 Å². The minimum absolute atomic E-state index is 0.390. The van der Waals surface area contributed by atoms with E-state index in [2.05, 4.69) is 42.5 Å². The summed E-state index contributed by atoms with van der Waals surface area (Å²) in [6, 6.07) is 0. The molecule has 120 valence electrons. The average molecular weight is 284 g/mol. The van der Waals surface area contributed by atoms with Crippen molar-refractivity contribution in [3.05, 3.63) is 0 Å². The SMILES string of the molecule is CC.CCN1CCC(C(C)(C)N2CCN(C)CC2)CC1. The van der Waals surface area contributed by atoms with E-state index in [1.54, 1.807) is 0 Å². The van der Waals surface area contributed by atoms with E-state index in [1.165, 1.54) is 58.7 Å². The number of nitrogens with zero attached hydrogens (tertiary/aromatic N) is 3. The van der Waals surface area contributed by atoms with Crippen LogP contribution in [0.1, 0.15) is 47.5 Å². The first-order valence-electron chi connectivity index (χ1n) is 8.70. The summed E-state index contributed by atoms with van der Waals surface area (Å²) in [6.45, 7) is 20.0. The van der Waals surface area contributed by atoms with Crippen LogP contribution in [0, 0.1) is 5.92 Å². The standard InChI is InChI=1S/C15H31N3.C2H6/c1-5-17-8-6-14(7-9-17)15(2,3)18-12-10-16(4)11-13-18;1-2/h14H,5-13H2,1-4H3;1-2H3. The lowest BCUT2D eigenvalue weighted by atomic mass is 9.78. The molecule has 0 spiro atoms. The monoisotopic (exact) mass is 283 g/mol. The molecule has 2 saturated heterocycles. The molecule has 0 N–H and O–H groups in total. The van der Waals surface area contributed by atoms with Gasteiger partial charge >= 0.3 is 0 Å². The highest BCUT2D eigenvalue weighted by molar-refractivity contribution is 4.93. The molecule has 2 rings (SSSR count). The largest absolute Gasteiger partial charge is 0.304 e. The van der Waals surface area contributed by atoms with Crippen LogP contribution in [0.25, 0.3) is 0 Å². The topological polar surface area (TPSA) is 9.72 Å². The van der Waals surface area contributed by atoms with Crippen LogP contribution in [-0.4, -0.2) is 73.1 Å². The number of hydrogen-bond acceptors (Lipinski definition) is 3. The van der Waals surface area contributed by atoms with E-state index in [9.17, 15) is 0 Å². The lowest BCUT2D eigenvalue weighted by Gasteiger charge is -2.49. The van der Waals surface area contributed by atoms with Crippen molar-refractivity contribution in [1.82, 2.24) is 14.7 Å². The molecule has 0 atom stereocenters. The molecule has 3 nitrogen and oxygen atoms in total. The summed E-state index contributed by atoms with van der Waals surface area (Å²) in [7, 11) is 2.24. The van der Waals surface area contributed by atoms with E-state index in [-0.39, 0.29) is 0 Å². The van der Waals surface area contributed by atoms with E-state index in [1.807, 2.05) is 13.8 Å². The van der Waals surface area contributed by atoms with Gasteiger partial charge in [0.25, 0.3) is 0 Å². The Balaban J connectivity index is 0.000000956. The van der Waals surface area contributed by atoms with Crippen LogP contribution in [0.15, 0.2) is 0 Å². The van der Waals surface area contributed by atoms with Gasteiger partial charge in [-0.1, -0.05) is 20.8 Å². The molecule has 2 aliphatic heterocycles. The zero-order valence-corrected chi connectivity index (χ0v) is 14.8. The second-order valence-electron chi connectivity index (χ2n) is 6.65. The normalized spacial score (nSPS) is 24.3. The van der Waals surface area contributed by atoms with Gasteiger partial charge in [0.05, 0.1) is 0 Å². The predicted octanol–water partition coefficient (Wildman–Crippen LogP) is 2.77. The summed E-state index contributed by atoms with van der Waals surface area (Å²) in [5.41, 5.74) is 0.390. The van der Waals surface area contributed by atoms with Crippen molar-refractivity contribution in [2.75, 3.05) is 52.9 Å². The van der Waals surface area contributed by atoms with Crippen LogP contribution in [0.5, 0.6) is 0 Å². The van der Waals surface area contributed by atoms with Crippen molar-refractivity contribution >= 4 is 0 Å². The van der Waals surface area contributed by atoms with Crippen LogP contribution >= 0.6 is 0 Å². The average Bonchev–Trinajstić information content (AvgIpc) is 2.50. The minimum atomic E-state index is 0.390. The smallest absolute Gasteiger partial charge is 0.0183 e. The molecule has 0 unspecified atom stereocenters. The zero-order valence-electron chi connectivity index (χ0n) is 14.8. The van der Waals surface area contributed by atoms with Gasteiger partial charge in [-0.2, -0.15) is 0 Å². The highest BCUT2D eigenvalue weighted by Gasteiger charge is 2.37. The first-order valence-corrected chi connectivity index (χ1v) is 8.70. The molecule has 3 heteroatoms. The van der Waals surface area contributed by atoms with Gasteiger partial charge in [0, 0.05) is 31.7 Å². The molecule has 2 heterocycles. The van der Waals surface area contributed by atoms with Gasteiger partial charge in [0.1, 0.15) is 0 Å². The molecule has 20 heavy (non-hydrogen) atoms. The number of piperazine rings is 1. The molecule has 0 radical (unpaired) electrons. The Morgan fingerprint density at radius 1 is 0.900 bits per heavy atom. The van der Waals surface area contributed by atoms with Crippen molar-refractivity contribution < 1.29 is 0 Å². The Morgan fingerprint density at radius 2 is 1.40 bits per heavy atom. The summed E-state index contributed by atoms with van der Waals surface area (Å²) >= 11 is 0.